The minimum Gasteiger partial charge on any atom is -0.480 e. The van der Waals surface area contributed by atoms with Crippen LogP contribution in [0.5, 0.6) is 0 Å². The van der Waals surface area contributed by atoms with Crippen LogP contribution in [0.4, 0.5) is 0 Å². The molecular weight excluding hydrogens is 182 g/mol. The van der Waals surface area contributed by atoms with Crippen molar-refractivity contribution < 1.29 is 14.7 Å². The quantitative estimate of drug-likeness (QED) is 0.635. The van der Waals surface area contributed by atoms with Gasteiger partial charge >= 0.3 is 5.97 Å². The molecule has 0 bridgehead atoms. The lowest BCUT2D eigenvalue weighted by Gasteiger charge is -2.30. The van der Waals surface area contributed by atoms with Crippen molar-refractivity contribution in [3.8, 4) is 0 Å². The molecule has 0 radical (unpaired) electrons. The average Bonchev–Trinajstić information content (AvgIpc) is 2.17. The lowest BCUT2D eigenvalue weighted by molar-refractivity contribution is -0.142. The van der Waals surface area contributed by atoms with Crippen LogP contribution in [-0.4, -0.2) is 23.0 Å². The zero-order chi connectivity index (χ0) is 10.1. The van der Waals surface area contributed by atoms with Gasteiger partial charge in [-0.1, -0.05) is 18.2 Å². The van der Waals surface area contributed by atoms with Gasteiger partial charge in [-0.15, -0.1) is 0 Å². The molecule has 14 heavy (non-hydrogen) atoms. The lowest BCUT2D eigenvalue weighted by Crippen LogP contribution is -2.48. The van der Waals surface area contributed by atoms with E-state index in [-0.39, 0.29) is 11.8 Å². The van der Waals surface area contributed by atoms with E-state index in [1.165, 1.54) is 0 Å². The summed E-state index contributed by atoms with van der Waals surface area (Å²) >= 11 is 0. The van der Waals surface area contributed by atoms with Crippen LogP contribution in [-0.2, 0) is 9.59 Å². The number of hydrogen-bond donors (Lipinski definition) is 2. The van der Waals surface area contributed by atoms with Crippen molar-refractivity contribution in [1.29, 1.82) is 0 Å². The first-order chi connectivity index (χ1) is 6.68. The topological polar surface area (TPSA) is 66.4 Å². The summed E-state index contributed by atoms with van der Waals surface area (Å²) in [5.41, 5.74) is 0.713. The van der Waals surface area contributed by atoms with Crippen LogP contribution in [0.3, 0.4) is 0 Å². The summed E-state index contributed by atoms with van der Waals surface area (Å²) in [5.74, 6) is -1.11. The van der Waals surface area contributed by atoms with Crippen molar-refractivity contribution in [2.75, 3.05) is 0 Å². The second-order valence-corrected chi connectivity index (χ2v) is 3.58. The van der Waals surface area contributed by atoms with Crippen molar-refractivity contribution in [1.82, 2.24) is 5.32 Å². The number of fused-ring (bicyclic) bond motifs is 1. The summed E-state index contributed by atoms with van der Waals surface area (Å²) in [4.78, 5) is 22.2. The van der Waals surface area contributed by atoms with Crippen molar-refractivity contribution in [3.05, 3.63) is 23.8 Å². The summed E-state index contributed by atoms with van der Waals surface area (Å²) < 4.78 is 0. The van der Waals surface area contributed by atoms with E-state index in [2.05, 4.69) is 5.32 Å². The number of allylic oxidation sites excluding steroid dienone is 3. The highest BCUT2D eigenvalue weighted by molar-refractivity contribution is 5.98. The van der Waals surface area contributed by atoms with Gasteiger partial charge in [0.15, 0.2) is 0 Å². The Hall–Kier alpha value is -1.58. The fourth-order valence-electron chi connectivity index (χ4n) is 1.91. The number of carbonyl (C=O) groups excluding carboxylic acids is 1. The molecular formula is C10H11NO3. The van der Waals surface area contributed by atoms with E-state index >= 15 is 0 Å². The first-order valence-electron chi connectivity index (χ1n) is 4.59. The molecule has 1 heterocycles. The normalized spacial score (nSPS) is 30.3. The molecule has 0 aromatic heterocycles. The Balaban J connectivity index is 2.20. The van der Waals surface area contributed by atoms with E-state index in [1.54, 1.807) is 6.08 Å². The first-order valence-corrected chi connectivity index (χ1v) is 4.59. The SMILES string of the molecule is O=C1NC(C(=O)O)CC2CC=CC=C12. The van der Waals surface area contributed by atoms with E-state index in [0.717, 1.165) is 6.42 Å². The van der Waals surface area contributed by atoms with Gasteiger partial charge in [-0.05, 0) is 18.8 Å². The molecule has 0 spiro atoms. The molecule has 2 atom stereocenters. The summed E-state index contributed by atoms with van der Waals surface area (Å²) in [7, 11) is 0. The van der Waals surface area contributed by atoms with E-state index in [9.17, 15) is 9.59 Å². The fourth-order valence-corrected chi connectivity index (χ4v) is 1.91. The van der Waals surface area contributed by atoms with E-state index < -0.39 is 12.0 Å². The number of carboxylic acid groups (broad SMARTS) is 1. The smallest absolute Gasteiger partial charge is 0.326 e. The molecule has 2 unspecified atom stereocenters. The number of hydrogen-bond acceptors (Lipinski definition) is 2. The molecule has 4 nitrogen and oxygen atoms in total. The van der Waals surface area contributed by atoms with Gasteiger partial charge in [0.1, 0.15) is 6.04 Å². The maximum Gasteiger partial charge on any atom is 0.326 e. The van der Waals surface area contributed by atoms with Crippen LogP contribution >= 0.6 is 0 Å². The van der Waals surface area contributed by atoms with Crippen molar-refractivity contribution >= 4 is 11.9 Å². The van der Waals surface area contributed by atoms with Gasteiger partial charge in [0.05, 0.1) is 0 Å². The third-order valence-electron chi connectivity index (χ3n) is 2.66. The maximum atomic E-state index is 11.5. The molecule has 1 saturated heterocycles. The standard InChI is InChI=1S/C10H11NO3/c12-9-7-4-2-1-3-6(7)5-8(11-9)10(13)14/h1-2,4,6,8H,3,5H2,(H,11,12)(H,13,14). The van der Waals surface area contributed by atoms with Crippen LogP contribution in [0.15, 0.2) is 23.8 Å². The maximum absolute atomic E-state index is 11.5. The van der Waals surface area contributed by atoms with Gasteiger partial charge in [0.2, 0.25) is 5.91 Å². The third-order valence-corrected chi connectivity index (χ3v) is 2.66. The second kappa shape index (κ2) is 3.29. The van der Waals surface area contributed by atoms with Crippen LogP contribution in [0.25, 0.3) is 0 Å². The van der Waals surface area contributed by atoms with Crippen LogP contribution in [0, 0.1) is 5.92 Å². The van der Waals surface area contributed by atoms with Crippen molar-refractivity contribution in [3.63, 3.8) is 0 Å². The largest absolute Gasteiger partial charge is 0.480 e. The van der Waals surface area contributed by atoms with Gasteiger partial charge in [-0.2, -0.15) is 0 Å². The molecule has 0 saturated carbocycles. The fraction of sp³-hybridized carbons (Fsp3) is 0.400. The monoisotopic (exact) mass is 193 g/mol. The van der Waals surface area contributed by atoms with E-state index in [4.69, 9.17) is 5.11 Å². The zero-order valence-corrected chi connectivity index (χ0v) is 7.56. The number of amides is 1. The Labute approximate surface area is 81.3 Å². The summed E-state index contributed by atoms with van der Waals surface area (Å²) in [6.07, 6.45) is 6.83. The number of carbonyl (C=O) groups is 2. The van der Waals surface area contributed by atoms with Crippen molar-refractivity contribution in [2.24, 2.45) is 5.92 Å². The third kappa shape index (κ3) is 1.43. The van der Waals surface area contributed by atoms with Gasteiger partial charge in [-0.25, -0.2) is 4.79 Å². The predicted molar refractivity (Wildman–Crippen MR) is 49.5 cm³/mol. The molecule has 0 aromatic rings. The van der Waals surface area contributed by atoms with E-state index in [1.807, 2.05) is 12.2 Å². The van der Waals surface area contributed by atoms with Crippen LogP contribution in [0.1, 0.15) is 12.8 Å². The Bertz CT molecular complexity index is 343. The number of piperidine rings is 1. The average molecular weight is 193 g/mol. The number of carboxylic acids is 1. The Kier molecular flexibility index (Phi) is 2.11. The Morgan fingerprint density at radius 1 is 1.57 bits per heavy atom. The number of nitrogens with one attached hydrogen (secondary N) is 1. The molecule has 1 amide bonds. The second-order valence-electron chi connectivity index (χ2n) is 3.58. The lowest BCUT2D eigenvalue weighted by atomic mass is 9.82. The minimum absolute atomic E-state index is 0.0786. The van der Waals surface area contributed by atoms with Gasteiger partial charge in [-0.3, -0.25) is 4.79 Å². The zero-order valence-electron chi connectivity index (χ0n) is 7.56. The van der Waals surface area contributed by atoms with Crippen LogP contribution in [0.2, 0.25) is 0 Å². The summed E-state index contributed by atoms with van der Waals surface area (Å²) in [6.45, 7) is 0. The van der Waals surface area contributed by atoms with Gasteiger partial charge < -0.3 is 10.4 Å². The Morgan fingerprint density at radius 2 is 2.36 bits per heavy atom. The first kappa shape index (κ1) is 8.99. The number of rotatable bonds is 1. The van der Waals surface area contributed by atoms with E-state index in [0.29, 0.717) is 12.0 Å². The molecule has 1 fully saturated rings. The van der Waals surface area contributed by atoms with Crippen molar-refractivity contribution in [2.45, 2.75) is 18.9 Å². The molecule has 1 aliphatic heterocycles. The summed E-state index contributed by atoms with van der Waals surface area (Å²) in [6, 6.07) is -0.726. The Morgan fingerprint density at radius 3 is 3.07 bits per heavy atom. The molecule has 4 heteroatoms. The van der Waals surface area contributed by atoms with Gasteiger partial charge in [0, 0.05) is 5.57 Å². The summed E-state index contributed by atoms with van der Waals surface area (Å²) in [5, 5.41) is 11.3. The number of aliphatic carboxylic acids is 1. The molecule has 74 valence electrons. The molecule has 0 aromatic carbocycles. The predicted octanol–water partition coefficient (Wildman–Crippen LogP) is 0.462. The molecule has 1 aliphatic carbocycles. The molecule has 2 aliphatic rings. The van der Waals surface area contributed by atoms with Crippen LogP contribution < -0.4 is 5.32 Å². The highest BCUT2D eigenvalue weighted by Gasteiger charge is 2.34. The van der Waals surface area contributed by atoms with Gasteiger partial charge in [0.25, 0.3) is 0 Å². The minimum atomic E-state index is -0.952. The molecule has 2 N–H and O–H groups in total. The highest BCUT2D eigenvalue weighted by atomic mass is 16.4. The highest BCUT2D eigenvalue weighted by Crippen LogP contribution is 2.28. The molecule has 2 rings (SSSR count).